The standard InChI is InChI=1S/C23H29B2F2NO3/c1-5-28(20(29)31-21(2,3)4)18-10-13-6-7-15(30-23(24,25)19(26)27)12-16(13)22-9-8-14(22)11-17(18)22/h6-7,12,14,17-19H,5,8-11H2,1-4H3/t14?,17-,18+,22-/m1/s1. The lowest BCUT2D eigenvalue weighted by Gasteiger charge is -2.69. The van der Waals surface area contributed by atoms with Crippen LogP contribution in [0.2, 0.25) is 0 Å². The van der Waals surface area contributed by atoms with E-state index in [4.69, 9.17) is 25.2 Å². The highest BCUT2D eigenvalue weighted by Crippen LogP contribution is 2.69. The summed E-state index contributed by atoms with van der Waals surface area (Å²) < 4.78 is 37.1. The van der Waals surface area contributed by atoms with E-state index >= 15 is 0 Å². The molecule has 4 rings (SSSR count). The molecule has 1 aromatic carbocycles. The van der Waals surface area contributed by atoms with Gasteiger partial charge >= 0.3 is 6.09 Å². The van der Waals surface area contributed by atoms with Crippen molar-refractivity contribution in [2.75, 3.05) is 6.54 Å². The van der Waals surface area contributed by atoms with Crippen molar-refractivity contribution in [3.63, 3.8) is 0 Å². The first-order valence-electron chi connectivity index (χ1n) is 11.1. The molecule has 3 aliphatic rings. The van der Waals surface area contributed by atoms with Crippen LogP contribution in [0, 0.1) is 11.8 Å². The molecule has 1 unspecified atom stereocenters. The van der Waals surface area contributed by atoms with E-state index < -0.39 is 17.4 Å². The SMILES string of the molecule is [B]C([B])(Oc1ccc2c(c1)[C@@]13CCC1C[C@@H]3[C@@H](N(CC)C(=O)OC(C)(C)C)C2)C(F)F. The summed E-state index contributed by atoms with van der Waals surface area (Å²) in [7, 11) is 10.9. The molecule has 8 heteroatoms. The van der Waals surface area contributed by atoms with Crippen molar-refractivity contribution >= 4 is 21.8 Å². The highest BCUT2D eigenvalue weighted by Gasteiger charge is 2.66. The lowest BCUT2D eigenvalue weighted by Crippen LogP contribution is -2.69. The van der Waals surface area contributed by atoms with Crippen LogP contribution in [0.1, 0.15) is 58.1 Å². The number of halogens is 2. The van der Waals surface area contributed by atoms with Crippen LogP contribution in [0.3, 0.4) is 0 Å². The molecule has 2 saturated carbocycles. The Hall–Kier alpha value is -1.72. The third-order valence-electron chi connectivity index (χ3n) is 7.32. The fourth-order valence-corrected chi connectivity index (χ4v) is 5.88. The van der Waals surface area contributed by atoms with E-state index in [0.29, 0.717) is 24.8 Å². The van der Waals surface area contributed by atoms with E-state index in [0.717, 1.165) is 30.4 Å². The number of rotatable bonds is 5. The van der Waals surface area contributed by atoms with Crippen molar-refractivity contribution in [3.8, 4) is 5.75 Å². The number of hydrogen-bond acceptors (Lipinski definition) is 3. The Morgan fingerprint density at radius 2 is 2.03 bits per heavy atom. The lowest BCUT2D eigenvalue weighted by molar-refractivity contribution is -0.116. The van der Waals surface area contributed by atoms with Gasteiger partial charge in [0.1, 0.15) is 27.0 Å². The highest BCUT2D eigenvalue weighted by molar-refractivity contribution is 6.39. The monoisotopic (exact) mass is 427 g/mol. The summed E-state index contributed by atoms with van der Waals surface area (Å²) in [6, 6.07) is 5.44. The molecule has 0 aliphatic heterocycles. The number of nitrogens with zero attached hydrogens (tertiary/aromatic N) is 1. The molecule has 3 aliphatic carbocycles. The highest BCUT2D eigenvalue weighted by atomic mass is 19.3. The Labute approximate surface area is 185 Å². The molecule has 164 valence electrons. The maximum atomic E-state index is 13.1. The molecule has 0 saturated heterocycles. The van der Waals surface area contributed by atoms with E-state index in [1.54, 1.807) is 6.07 Å². The van der Waals surface area contributed by atoms with Crippen LogP contribution in [0.25, 0.3) is 0 Å². The fraction of sp³-hybridized carbons (Fsp3) is 0.696. The maximum Gasteiger partial charge on any atom is 0.410 e. The molecular weight excluding hydrogens is 398 g/mol. The molecule has 4 atom stereocenters. The summed E-state index contributed by atoms with van der Waals surface area (Å²) >= 11 is 0. The van der Waals surface area contributed by atoms with E-state index in [2.05, 4.69) is 0 Å². The molecule has 0 bridgehead atoms. The normalized spacial score (nSPS) is 29.1. The number of fused-ring (bicyclic) bond motifs is 1. The minimum absolute atomic E-state index is 0.0380. The maximum absolute atomic E-state index is 13.1. The van der Waals surface area contributed by atoms with Crippen molar-refractivity contribution in [3.05, 3.63) is 29.3 Å². The number of hydrogen-bond donors (Lipinski definition) is 0. The summed E-state index contributed by atoms with van der Waals surface area (Å²) in [6.07, 6.45) is 0.629. The van der Waals surface area contributed by atoms with Crippen molar-refractivity contribution in [2.24, 2.45) is 11.8 Å². The van der Waals surface area contributed by atoms with Gasteiger partial charge in [-0.25, -0.2) is 13.6 Å². The number of amides is 1. The van der Waals surface area contributed by atoms with Crippen molar-refractivity contribution in [1.82, 2.24) is 4.90 Å². The molecule has 0 aromatic heterocycles. The third kappa shape index (κ3) is 3.64. The molecule has 0 N–H and O–H groups in total. The number of carbonyl (C=O) groups excluding carboxylic acids is 1. The Bertz CT molecular complexity index is 873. The summed E-state index contributed by atoms with van der Waals surface area (Å²) in [4.78, 5) is 14.8. The van der Waals surface area contributed by atoms with E-state index in [1.165, 1.54) is 0 Å². The summed E-state index contributed by atoms with van der Waals surface area (Å²) in [6.45, 7) is 8.17. The van der Waals surface area contributed by atoms with Crippen LogP contribution in [0.15, 0.2) is 18.2 Å². The van der Waals surface area contributed by atoms with Crippen LogP contribution in [-0.2, 0) is 16.6 Å². The van der Waals surface area contributed by atoms with Crippen LogP contribution < -0.4 is 4.74 Å². The Balaban J connectivity index is 1.65. The second kappa shape index (κ2) is 7.41. The largest absolute Gasteiger partial charge is 0.501 e. The molecule has 4 nitrogen and oxygen atoms in total. The van der Waals surface area contributed by atoms with Gasteiger partial charge in [-0.15, -0.1) is 0 Å². The third-order valence-corrected chi connectivity index (χ3v) is 7.32. The van der Waals surface area contributed by atoms with E-state index in [-0.39, 0.29) is 23.3 Å². The van der Waals surface area contributed by atoms with Crippen LogP contribution in [0.5, 0.6) is 5.75 Å². The quantitative estimate of drug-likeness (QED) is 0.663. The minimum Gasteiger partial charge on any atom is -0.501 e. The second-order valence-corrected chi connectivity index (χ2v) is 10.2. The first-order valence-corrected chi connectivity index (χ1v) is 11.1. The summed E-state index contributed by atoms with van der Waals surface area (Å²) in [5, 5.41) is -2.53. The van der Waals surface area contributed by atoms with Gasteiger partial charge in [0.15, 0.2) is 0 Å². The lowest BCUT2D eigenvalue weighted by atomic mass is 9.36. The molecule has 31 heavy (non-hydrogen) atoms. The smallest absolute Gasteiger partial charge is 0.410 e. The van der Waals surface area contributed by atoms with Crippen LogP contribution in [0.4, 0.5) is 13.6 Å². The van der Waals surface area contributed by atoms with Crippen LogP contribution in [-0.4, -0.2) is 56.7 Å². The van der Waals surface area contributed by atoms with Crippen LogP contribution >= 0.6 is 0 Å². The van der Waals surface area contributed by atoms with Gasteiger partial charge in [-0.1, -0.05) is 6.07 Å². The average molecular weight is 427 g/mol. The molecule has 4 radical (unpaired) electrons. The molecule has 1 spiro atoms. The zero-order chi connectivity index (χ0) is 22.8. The number of ether oxygens (including phenoxy) is 2. The number of benzene rings is 1. The van der Waals surface area contributed by atoms with Gasteiger partial charge in [0.05, 0.1) is 5.40 Å². The van der Waals surface area contributed by atoms with Gasteiger partial charge < -0.3 is 14.4 Å². The van der Waals surface area contributed by atoms with Gasteiger partial charge in [-0.2, -0.15) is 0 Å². The van der Waals surface area contributed by atoms with E-state index in [9.17, 15) is 13.6 Å². The van der Waals surface area contributed by atoms with Gasteiger partial charge in [-0.05, 0) is 88.5 Å². The average Bonchev–Trinajstić information content (AvgIpc) is 2.63. The number of carbonyl (C=O) groups is 1. The fourth-order valence-electron chi connectivity index (χ4n) is 5.88. The van der Waals surface area contributed by atoms with E-state index in [1.807, 2.05) is 44.7 Å². The minimum atomic E-state index is -3.01. The Morgan fingerprint density at radius 1 is 1.32 bits per heavy atom. The zero-order valence-corrected chi connectivity index (χ0v) is 18.7. The number of likely N-dealkylation sites (N-methyl/N-ethyl adjacent to an activating group) is 1. The summed E-state index contributed by atoms with van der Waals surface area (Å²) in [5.41, 5.74) is 1.67. The molecular formula is C23H29B2F2NO3. The molecule has 1 amide bonds. The first kappa shape index (κ1) is 22.5. The Morgan fingerprint density at radius 3 is 2.55 bits per heavy atom. The molecule has 1 aromatic rings. The first-order chi connectivity index (χ1) is 14.4. The predicted molar refractivity (Wildman–Crippen MR) is 116 cm³/mol. The number of alkyl halides is 2. The molecule has 0 heterocycles. The van der Waals surface area contributed by atoms with Gasteiger partial charge in [0.2, 0.25) is 0 Å². The van der Waals surface area contributed by atoms with Crippen molar-refractivity contribution < 1.29 is 23.0 Å². The van der Waals surface area contributed by atoms with Gasteiger partial charge in [0.25, 0.3) is 6.43 Å². The topological polar surface area (TPSA) is 38.8 Å². The van der Waals surface area contributed by atoms with Gasteiger partial charge in [0, 0.05) is 18.0 Å². The van der Waals surface area contributed by atoms with Gasteiger partial charge in [-0.3, -0.25) is 0 Å². The zero-order valence-electron chi connectivity index (χ0n) is 18.7. The van der Waals surface area contributed by atoms with Crippen molar-refractivity contribution in [1.29, 1.82) is 0 Å². The summed E-state index contributed by atoms with van der Waals surface area (Å²) in [5.74, 6) is 1.12. The molecule has 2 fully saturated rings. The van der Waals surface area contributed by atoms with Crippen molar-refractivity contribution in [2.45, 2.75) is 82.3 Å². The second-order valence-electron chi connectivity index (χ2n) is 10.2. The Kier molecular flexibility index (Phi) is 5.37. The predicted octanol–water partition coefficient (Wildman–Crippen LogP) is 4.17.